The van der Waals surface area contributed by atoms with Crippen molar-refractivity contribution in [1.29, 1.82) is 0 Å². The number of carbonyl (C=O) groups excluding carboxylic acids is 4. The van der Waals surface area contributed by atoms with Crippen LogP contribution in [-0.4, -0.2) is 52.4 Å². The molecule has 0 radical (unpaired) electrons. The number of nitrogens with zero attached hydrogens (tertiary/aromatic N) is 2. The van der Waals surface area contributed by atoms with E-state index in [1.807, 2.05) is 12.2 Å². The first-order valence-corrected chi connectivity index (χ1v) is 12.7. The number of ether oxygens (including phenoxy) is 1. The lowest BCUT2D eigenvalue weighted by molar-refractivity contribution is -0.156. The van der Waals surface area contributed by atoms with Crippen molar-refractivity contribution in [3.63, 3.8) is 0 Å². The van der Waals surface area contributed by atoms with E-state index < -0.39 is 47.6 Å². The lowest BCUT2D eigenvalue weighted by Crippen LogP contribution is -2.45. The van der Waals surface area contributed by atoms with E-state index in [-0.39, 0.29) is 47.2 Å². The molecule has 3 rings (SSSR count). The zero-order valence-electron chi connectivity index (χ0n) is 20.7. The number of aromatic nitrogens is 1. The fourth-order valence-corrected chi connectivity index (χ4v) is 4.49. The van der Waals surface area contributed by atoms with Crippen LogP contribution in [0.5, 0.6) is 0 Å². The Morgan fingerprint density at radius 2 is 1.95 bits per heavy atom. The molecule has 0 unspecified atom stereocenters. The van der Waals surface area contributed by atoms with Crippen LogP contribution in [0.3, 0.4) is 0 Å². The summed E-state index contributed by atoms with van der Waals surface area (Å²) in [6.45, 7) is 2.04. The number of esters is 1. The summed E-state index contributed by atoms with van der Waals surface area (Å²) in [5.41, 5.74) is 5.14. The van der Waals surface area contributed by atoms with Crippen molar-refractivity contribution in [1.82, 2.24) is 15.2 Å². The number of nitrogens with two attached hydrogens (primary N) is 1. The van der Waals surface area contributed by atoms with Crippen LogP contribution in [0.2, 0.25) is 10.0 Å². The van der Waals surface area contributed by atoms with E-state index in [1.54, 1.807) is 0 Å². The van der Waals surface area contributed by atoms with Gasteiger partial charge in [0.2, 0.25) is 5.91 Å². The highest BCUT2D eigenvalue weighted by molar-refractivity contribution is 6.34. The van der Waals surface area contributed by atoms with Gasteiger partial charge in [-0.05, 0) is 42.7 Å². The molecule has 3 N–H and O–H groups in total. The molecule has 14 heteroatoms. The van der Waals surface area contributed by atoms with Gasteiger partial charge in [-0.2, -0.15) is 13.2 Å². The molecule has 1 aliphatic heterocycles. The van der Waals surface area contributed by atoms with Gasteiger partial charge in [0.05, 0.1) is 22.3 Å². The van der Waals surface area contributed by atoms with Crippen LogP contribution in [0, 0.1) is 0 Å². The number of pyridine rings is 1. The maximum Gasteiger partial charge on any atom is 0.414 e. The standard InChI is InChI=1S/C25H25Cl2F3N4O5/c1-2-3-8-39-19(35)7-6-18(22(31)36)34-12-14-9-13(4-5-16(14)24(34)38)23(37)33-21(25(28,29)30)20-17(27)10-15(26)11-32-20/h4-5,9-11,18,21H,2-3,6-8,12H2,1H3,(H2,31,36)(H,33,37)/t18-,21+/m0/s1. The fraction of sp³-hybridized carbons (Fsp3) is 0.400. The smallest absolute Gasteiger partial charge is 0.414 e. The number of hydrogen-bond donors (Lipinski definition) is 2. The van der Waals surface area contributed by atoms with Crippen LogP contribution in [-0.2, 0) is 20.9 Å². The predicted molar refractivity (Wildman–Crippen MR) is 135 cm³/mol. The molecule has 1 aromatic carbocycles. The molecule has 2 heterocycles. The van der Waals surface area contributed by atoms with Gasteiger partial charge in [0.1, 0.15) is 6.04 Å². The average molecular weight is 589 g/mol. The molecule has 1 aliphatic rings. The van der Waals surface area contributed by atoms with Gasteiger partial charge in [-0.25, -0.2) is 0 Å². The third-order valence-corrected chi connectivity index (χ3v) is 6.51. The second-order valence-electron chi connectivity index (χ2n) is 8.80. The Morgan fingerprint density at radius 1 is 1.23 bits per heavy atom. The van der Waals surface area contributed by atoms with Crippen LogP contribution in [0.15, 0.2) is 30.5 Å². The van der Waals surface area contributed by atoms with Gasteiger partial charge in [-0.3, -0.25) is 24.2 Å². The number of halogens is 5. The molecule has 2 aromatic rings. The maximum absolute atomic E-state index is 13.8. The van der Waals surface area contributed by atoms with E-state index >= 15 is 0 Å². The van der Waals surface area contributed by atoms with Gasteiger partial charge in [-0.15, -0.1) is 0 Å². The number of fused-ring (bicyclic) bond motifs is 1. The summed E-state index contributed by atoms with van der Waals surface area (Å²) < 4.78 is 46.4. The topological polar surface area (TPSA) is 132 Å². The Labute approximate surface area is 231 Å². The first kappa shape index (κ1) is 30.2. The molecular weight excluding hydrogens is 564 g/mol. The Bertz CT molecular complexity index is 1270. The molecule has 3 amide bonds. The first-order chi connectivity index (χ1) is 18.3. The number of rotatable bonds is 11. The van der Waals surface area contributed by atoms with Gasteiger partial charge >= 0.3 is 12.1 Å². The highest BCUT2D eigenvalue weighted by Crippen LogP contribution is 2.36. The maximum atomic E-state index is 13.8. The lowest BCUT2D eigenvalue weighted by Gasteiger charge is -2.24. The number of alkyl halides is 3. The predicted octanol–water partition coefficient (Wildman–Crippen LogP) is 4.36. The summed E-state index contributed by atoms with van der Waals surface area (Å²) in [6.07, 6.45) is -2.66. The van der Waals surface area contributed by atoms with Crippen LogP contribution in [0.1, 0.15) is 70.6 Å². The van der Waals surface area contributed by atoms with Crippen LogP contribution in [0.25, 0.3) is 0 Å². The monoisotopic (exact) mass is 588 g/mol. The summed E-state index contributed by atoms with van der Waals surface area (Å²) >= 11 is 11.6. The molecule has 210 valence electrons. The fourth-order valence-electron chi connectivity index (χ4n) is 4.00. The summed E-state index contributed by atoms with van der Waals surface area (Å²) in [4.78, 5) is 54.6. The number of amides is 3. The largest absolute Gasteiger partial charge is 0.466 e. The number of benzene rings is 1. The molecule has 0 aliphatic carbocycles. The molecule has 39 heavy (non-hydrogen) atoms. The average Bonchev–Trinajstić information content (AvgIpc) is 3.17. The van der Waals surface area contributed by atoms with E-state index in [9.17, 15) is 32.3 Å². The second kappa shape index (κ2) is 12.6. The van der Waals surface area contributed by atoms with E-state index in [0.29, 0.717) is 12.0 Å². The van der Waals surface area contributed by atoms with Crippen molar-refractivity contribution in [3.8, 4) is 0 Å². The lowest BCUT2D eigenvalue weighted by atomic mass is 10.0. The molecule has 9 nitrogen and oxygen atoms in total. The third kappa shape index (κ3) is 7.39. The summed E-state index contributed by atoms with van der Waals surface area (Å²) in [6, 6.07) is 1.13. The summed E-state index contributed by atoms with van der Waals surface area (Å²) in [7, 11) is 0. The van der Waals surface area contributed by atoms with E-state index in [4.69, 9.17) is 33.7 Å². The molecule has 0 saturated carbocycles. The normalized spacial score (nSPS) is 14.5. The van der Waals surface area contributed by atoms with E-state index in [2.05, 4.69) is 4.98 Å². The Hall–Kier alpha value is -3.38. The third-order valence-electron chi connectivity index (χ3n) is 6.00. The SMILES string of the molecule is CCCCOC(=O)CC[C@@H](C(N)=O)N1Cc2cc(C(=O)N[C@H](c3ncc(Cl)cc3Cl)C(F)(F)F)ccc2C1=O. The van der Waals surface area contributed by atoms with Gasteiger partial charge in [0, 0.05) is 30.3 Å². The van der Waals surface area contributed by atoms with Crippen molar-refractivity contribution in [2.75, 3.05) is 6.61 Å². The van der Waals surface area contributed by atoms with Crippen LogP contribution < -0.4 is 11.1 Å². The van der Waals surface area contributed by atoms with Crippen molar-refractivity contribution in [3.05, 3.63) is 62.9 Å². The Balaban J connectivity index is 1.76. The van der Waals surface area contributed by atoms with Gasteiger partial charge < -0.3 is 20.7 Å². The van der Waals surface area contributed by atoms with Crippen molar-refractivity contribution in [2.45, 2.75) is 57.4 Å². The van der Waals surface area contributed by atoms with E-state index in [0.717, 1.165) is 23.6 Å². The molecule has 0 spiro atoms. The minimum absolute atomic E-state index is 0.0199. The zero-order valence-corrected chi connectivity index (χ0v) is 22.2. The van der Waals surface area contributed by atoms with Crippen LogP contribution >= 0.6 is 23.2 Å². The Morgan fingerprint density at radius 3 is 2.56 bits per heavy atom. The Kier molecular flexibility index (Phi) is 9.78. The van der Waals surface area contributed by atoms with Gasteiger partial charge in [0.25, 0.3) is 11.8 Å². The van der Waals surface area contributed by atoms with Gasteiger partial charge in [0.15, 0.2) is 6.04 Å². The van der Waals surface area contributed by atoms with Crippen molar-refractivity contribution < 1.29 is 37.1 Å². The molecule has 0 fully saturated rings. The molecule has 2 atom stereocenters. The minimum Gasteiger partial charge on any atom is -0.466 e. The quantitative estimate of drug-likeness (QED) is 0.296. The van der Waals surface area contributed by atoms with Gasteiger partial charge in [-0.1, -0.05) is 36.5 Å². The number of carbonyl (C=O) groups is 4. The number of hydrogen-bond acceptors (Lipinski definition) is 6. The number of primary amides is 1. The van der Waals surface area contributed by atoms with Crippen molar-refractivity contribution in [2.24, 2.45) is 5.73 Å². The first-order valence-electron chi connectivity index (χ1n) is 11.9. The number of unbranched alkanes of at least 4 members (excludes halogenated alkanes) is 1. The minimum atomic E-state index is -4.93. The number of nitrogens with one attached hydrogen (secondary N) is 1. The molecular formula is C25H25Cl2F3N4O5. The highest BCUT2D eigenvalue weighted by Gasteiger charge is 2.44. The zero-order chi connectivity index (χ0) is 28.9. The summed E-state index contributed by atoms with van der Waals surface area (Å²) in [5, 5.41) is 1.52. The molecule has 0 saturated heterocycles. The van der Waals surface area contributed by atoms with Crippen LogP contribution in [0.4, 0.5) is 13.2 Å². The molecule has 0 bridgehead atoms. The highest BCUT2D eigenvalue weighted by atomic mass is 35.5. The summed E-state index contributed by atoms with van der Waals surface area (Å²) in [5.74, 6) is -3.03. The van der Waals surface area contributed by atoms with Crippen molar-refractivity contribution >= 4 is 46.9 Å². The van der Waals surface area contributed by atoms with E-state index in [1.165, 1.54) is 18.2 Å². The molecule has 1 aromatic heterocycles. The second-order valence-corrected chi connectivity index (χ2v) is 9.65.